The maximum Gasteiger partial charge on any atom is 0.221 e. The molecule has 3 aromatic heterocycles. The predicted molar refractivity (Wildman–Crippen MR) is 113 cm³/mol. The zero-order valence-electron chi connectivity index (χ0n) is 16.3. The number of imidazole rings is 1. The number of carbonyl (C=O) groups excluding carboxylic acids is 1. The molecule has 6 nitrogen and oxygen atoms in total. The minimum atomic E-state index is -0.439. The zero-order chi connectivity index (χ0) is 21.3. The number of hydrogen-bond acceptors (Lipinski definition) is 4. The molecular formula is C22H18ClFN4O2. The highest BCUT2D eigenvalue weighted by molar-refractivity contribution is 6.30. The molecule has 1 amide bonds. The molecule has 30 heavy (non-hydrogen) atoms. The predicted octanol–water partition coefficient (Wildman–Crippen LogP) is 5.03. The summed E-state index contributed by atoms with van der Waals surface area (Å²) >= 11 is 6.33. The van der Waals surface area contributed by atoms with Crippen LogP contribution in [-0.4, -0.2) is 20.3 Å². The summed E-state index contributed by atoms with van der Waals surface area (Å²) in [5, 5.41) is 3.22. The Kier molecular flexibility index (Phi) is 5.37. The van der Waals surface area contributed by atoms with E-state index < -0.39 is 5.82 Å². The Bertz CT molecular complexity index is 1260. The van der Waals surface area contributed by atoms with Gasteiger partial charge in [0.15, 0.2) is 11.4 Å². The van der Waals surface area contributed by atoms with Gasteiger partial charge < -0.3 is 10.1 Å². The van der Waals surface area contributed by atoms with Gasteiger partial charge in [0.05, 0.1) is 16.4 Å². The fourth-order valence-corrected chi connectivity index (χ4v) is 3.46. The first-order chi connectivity index (χ1) is 14.4. The van der Waals surface area contributed by atoms with E-state index in [1.54, 1.807) is 12.3 Å². The molecule has 8 heteroatoms. The number of fused-ring (bicyclic) bond motifs is 1. The van der Waals surface area contributed by atoms with E-state index in [0.29, 0.717) is 22.1 Å². The van der Waals surface area contributed by atoms with Crippen LogP contribution in [0.3, 0.4) is 0 Å². The van der Waals surface area contributed by atoms with Crippen molar-refractivity contribution in [2.45, 2.75) is 20.5 Å². The van der Waals surface area contributed by atoms with Gasteiger partial charge in [-0.3, -0.25) is 14.2 Å². The van der Waals surface area contributed by atoms with Crippen molar-refractivity contribution >= 4 is 28.8 Å². The molecule has 1 N–H and O–H groups in total. The molecule has 4 aromatic rings. The summed E-state index contributed by atoms with van der Waals surface area (Å²) in [5.74, 6) is -0.173. The molecule has 1 aromatic carbocycles. The zero-order valence-corrected chi connectivity index (χ0v) is 17.1. The lowest BCUT2D eigenvalue weighted by Gasteiger charge is -2.10. The summed E-state index contributed by atoms with van der Waals surface area (Å²) in [4.78, 5) is 20.0. The van der Waals surface area contributed by atoms with Gasteiger partial charge in [0, 0.05) is 36.6 Å². The maximum absolute atomic E-state index is 13.9. The first-order valence-corrected chi connectivity index (χ1v) is 9.58. The van der Waals surface area contributed by atoms with Crippen LogP contribution in [0.25, 0.3) is 16.9 Å². The maximum atomic E-state index is 13.9. The van der Waals surface area contributed by atoms with Crippen molar-refractivity contribution in [3.63, 3.8) is 0 Å². The van der Waals surface area contributed by atoms with Crippen LogP contribution in [0.4, 0.5) is 10.1 Å². The highest BCUT2D eigenvalue weighted by atomic mass is 35.5. The number of aryl methyl sites for hydroxylation is 1. The number of ether oxygens (including phenoxy) is 1. The Hall–Kier alpha value is -3.45. The first kappa shape index (κ1) is 19.8. The van der Waals surface area contributed by atoms with E-state index in [1.165, 1.54) is 25.3 Å². The summed E-state index contributed by atoms with van der Waals surface area (Å²) < 4.78 is 21.5. The Morgan fingerprint density at radius 1 is 1.27 bits per heavy atom. The third-order valence-corrected chi connectivity index (χ3v) is 4.69. The Morgan fingerprint density at radius 2 is 2.10 bits per heavy atom. The van der Waals surface area contributed by atoms with Crippen molar-refractivity contribution in [2.24, 2.45) is 0 Å². The second-order valence-corrected chi connectivity index (χ2v) is 7.18. The molecule has 0 atom stereocenters. The second-order valence-electron chi connectivity index (χ2n) is 6.74. The van der Waals surface area contributed by atoms with E-state index in [0.717, 1.165) is 17.0 Å². The number of nitrogens with one attached hydrogen (secondary N) is 1. The molecule has 0 radical (unpaired) electrons. The van der Waals surface area contributed by atoms with Gasteiger partial charge in [-0.15, -0.1) is 0 Å². The lowest BCUT2D eigenvalue weighted by atomic mass is 10.1. The van der Waals surface area contributed by atoms with Crippen LogP contribution in [0.2, 0.25) is 5.02 Å². The third kappa shape index (κ3) is 3.97. The smallest absolute Gasteiger partial charge is 0.221 e. The highest BCUT2D eigenvalue weighted by Gasteiger charge is 2.17. The molecule has 0 unspecified atom stereocenters. The van der Waals surface area contributed by atoms with E-state index in [1.807, 2.05) is 35.6 Å². The minimum absolute atomic E-state index is 0.0536. The molecule has 152 valence electrons. The largest absolute Gasteiger partial charge is 0.483 e. The number of pyridine rings is 2. The molecule has 0 saturated carbocycles. The number of carbonyl (C=O) groups is 1. The Balaban J connectivity index is 1.76. The van der Waals surface area contributed by atoms with Gasteiger partial charge in [0.25, 0.3) is 0 Å². The summed E-state index contributed by atoms with van der Waals surface area (Å²) in [6, 6.07) is 11.9. The van der Waals surface area contributed by atoms with Crippen LogP contribution in [0.5, 0.6) is 5.75 Å². The van der Waals surface area contributed by atoms with E-state index in [4.69, 9.17) is 16.3 Å². The standard InChI is InChI=1S/C22H18ClFN4O2/c1-13-21(15-5-3-6-17(9-15)27-14(2)29)28-11-16(23)10-20(22(28)26-13)30-12-19-18(24)7-4-8-25-19/h3-11H,12H2,1-2H3,(H,27,29). The van der Waals surface area contributed by atoms with Gasteiger partial charge in [0.1, 0.15) is 18.1 Å². The average molecular weight is 425 g/mol. The Labute approximate surface area is 177 Å². The lowest BCUT2D eigenvalue weighted by Crippen LogP contribution is -2.05. The van der Waals surface area contributed by atoms with Crippen LogP contribution in [0, 0.1) is 12.7 Å². The second kappa shape index (κ2) is 8.12. The number of rotatable bonds is 5. The molecule has 0 spiro atoms. The van der Waals surface area contributed by atoms with Gasteiger partial charge in [-0.1, -0.05) is 23.7 Å². The quantitative estimate of drug-likeness (QED) is 0.487. The molecule has 0 aliphatic carbocycles. The number of hydrogen-bond donors (Lipinski definition) is 1. The number of amides is 1. The number of anilines is 1. The normalized spacial score (nSPS) is 10.9. The number of benzene rings is 1. The summed E-state index contributed by atoms with van der Waals surface area (Å²) in [5.41, 5.74) is 3.85. The van der Waals surface area contributed by atoms with Gasteiger partial charge >= 0.3 is 0 Å². The fourth-order valence-electron chi connectivity index (χ4n) is 3.27. The molecular weight excluding hydrogens is 407 g/mol. The summed E-state index contributed by atoms with van der Waals surface area (Å²) in [7, 11) is 0. The third-order valence-electron chi connectivity index (χ3n) is 4.48. The lowest BCUT2D eigenvalue weighted by molar-refractivity contribution is -0.114. The van der Waals surface area contributed by atoms with E-state index in [-0.39, 0.29) is 18.2 Å². The van der Waals surface area contributed by atoms with Crippen LogP contribution in [0.1, 0.15) is 18.3 Å². The van der Waals surface area contributed by atoms with Crippen molar-refractivity contribution < 1.29 is 13.9 Å². The molecule has 3 heterocycles. The van der Waals surface area contributed by atoms with Crippen molar-refractivity contribution in [3.8, 4) is 17.0 Å². The number of aromatic nitrogens is 3. The molecule has 0 aliphatic rings. The topological polar surface area (TPSA) is 68.5 Å². The highest BCUT2D eigenvalue weighted by Crippen LogP contribution is 2.33. The molecule has 0 bridgehead atoms. The van der Waals surface area contributed by atoms with Crippen LogP contribution in [-0.2, 0) is 11.4 Å². The molecule has 0 aliphatic heterocycles. The van der Waals surface area contributed by atoms with Gasteiger partial charge in [0.2, 0.25) is 5.91 Å². The average Bonchev–Trinajstić information content (AvgIpc) is 3.02. The summed E-state index contributed by atoms with van der Waals surface area (Å²) in [6.07, 6.45) is 3.25. The van der Waals surface area contributed by atoms with Crippen LogP contribution >= 0.6 is 11.6 Å². The van der Waals surface area contributed by atoms with Gasteiger partial charge in [-0.2, -0.15) is 0 Å². The number of nitrogens with zero attached hydrogens (tertiary/aromatic N) is 3. The molecule has 0 saturated heterocycles. The van der Waals surface area contributed by atoms with E-state index in [2.05, 4.69) is 15.3 Å². The SMILES string of the molecule is CC(=O)Nc1cccc(-c2c(C)nc3c(OCc4ncccc4F)cc(Cl)cn23)c1. The van der Waals surface area contributed by atoms with E-state index in [9.17, 15) is 9.18 Å². The minimum Gasteiger partial charge on any atom is -0.483 e. The van der Waals surface area contributed by atoms with Crippen LogP contribution in [0.15, 0.2) is 54.9 Å². The van der Waals surface area contributed by atoms with Crippen LogP contribution < -0.4 is 10.1 Å². The molecule has 4 rings (SSSR count). The monoisotopic (exact) mass is 424 g/mol. The van der Waals surface area contributed by atoms with E-state index >= 15 is 0 Å². The van der Waals surface area contributed by atoms with Crippen molar-refractivity contribution in [3.05, 3.63) is 77.1 Å². The van der Waals surface area contributed by atoms with Gasteiger partial charge in [-0.05, 0) is 31.2 Å². The number of halogens is 2. The van der Waals surface area contributed by atoms with Crippen molar-refractivity contribution in [1.82, 2.24) is 14.4 Å². The Morgan fingerprint density at radius 3 is 2.87 bits per heavy atom. The van der Waals surface area contributed by atoms with Gasteiger partial charge in [-0.25, -0.2) is 9.37 Å². The van der Waals surface area contributed by atoms with Crippen molar-refractivity contribution in [2.75, 3.05) is 5.32 Å². The fraction of sp³-hybridized carbons (Fsp3) is 0.136. The first-order valence-electron chi connectivity index (χ1n) is 9.21. The molecule has 0 fully saturated rings. The van der Waals surface area contributed by atoms with Crippen molar-refractivity contribution in [1.29, 1.82) is 0 Å². The summed E-state index contributed by atoms with van der Waals surface area (Å²) in [6.45, 7) is 3.28.